The van der Waals surface area contributed by atoms with Gasteiger partial charge in [-0.1, -0.05) is 13.8 Å². The van der Waals surface area contributed by atoms with E-state index in [1.54, 1.807) is 21.0 Å². The Hall–Kier alpha value is -3.45. The van der Waals surface area contributed by atoms with Gasteiger partial charge in [-0.3, -0.25) is 9.59 Å². The molecule has 1 aromatic carbocycles. The maximum atomic E-state index is 13.2. The maximum Gasteiger partial charge on any atom is 0.337 e. The number of ether oxygens (including phenoxy) is 9. The molecule has 55 heavy (non-hydrogen) atoms. The van der Waals surface area contributed by atoms with E-state index in [0.29, 0.717) is 96.5 Å². The summed E-state index contributed by atoms with van der Waals surface area (Å²) in [5.74, 6) is -1.73. The molecule has 1 N–H and O–H groups in total. The molecule has 0 unspecified atom stereocenters. The van der Waals surface area contributed by atoms with Crippen molar-refractivity contribution in [3.05, 3.63) is 33.4 Å². The van der Waals surface area contributed by atoms with Crippen LogP contribution in [0.25, 0.3) is 0 Å². The fourth-order valence-electron chi connectivity index (χ4n) is 6.78. The van der Waals surface area contributed by atoms with Gasteiger partial charge in [0, 0.05) is 30.9 Å². The van der Waals surface area contributed by atoms with Crippen LogP contribution >= 0.6 is 0 Å². The van der Waals surface area contributed by atoms with E-state index < -0.39 is 29.0 Å². The third-order valence-electron chi connectivity index (χ3n) is 10.1. The highest BCUT2D eigenvalue weighted by Crippen LogP contribution is 2.64. The lowest BCUT2D eigenvalue weighted by Gasteiger charge is -2.59. The molecule has 3 atom stereocenters. The largest absolute Gasteiger partial charge is 0.508 e. The normalized spacial score (nSPS) is 18.8. The summed E-state index contributed by atoms with van der Waals surface area (Å²) in [4.78, 5) is 53.9. The van der Waals surface area contributed by atoms with Gasteiger partial charge in [0.1, 0.15) is 23.9 Å². The molecule has 17 heteroatoms. The maximum absolute atomic E-state index is 13.2. The van der Waals surface area contributed by atoms with Gasteiger partial charge in [0.25, 0.3) is 5.09 Å². The van der Waals surface area contributed by atoms with E-state index in [4.69, 9.17) is 42.6 Å². The number of aromatic hydroxyl groups is 1. The molecule has 0 aromatic heterocycles. The van der Waals surface area contributed by atoms with Gasteiger partial charge in [0.2, 0.25) is 0 Å². The van der Waals surface area contributed by atoms with Crippen molar-refractivity contribution in [3.63, 3.8) is 0 Å². The molecule has 0 radical (unpaired) electrons. The van der Waals surface area contributed by atoms with Crippen LogP contribution in [-0.2, 0) is 62.5 Å². The second kappa shape index (κ2) is 23.6. The summed E-state index contributed by atoms with van der Waals surface area (Å²) >= 11 is 0. The highest BCUT2D eigenvalue weighted by atomic mass is 16.9. The Kier molecular flexibility index (Phi) is 19.7. The third kappa shape index (κ3) is 14.5. The number of carbonyl (C=O) groups excluding carboxylic acids is 3. The quantitative estimate of drug-likeness (QED) is 0.0389. The van der Waals surface area contributed by atoms with Gasteiger partial charge >= 0.3 is 11.9 Å². The molecule has 4 rings (SSSR count). The summed E-state index contributed by atoms with van der Waals surface area (Å²) in [5.41, 5.74) is -0.882. The lowest BCUT2D eigenvalue weighted by Crippen LogP contribution is -2.56. The topological polar surface area (TPSA) is 207 Å². The number of ketones is 1. The highest BCUT2D eigenvalue weighted by molar-refractivity contribution is 5.87. The molecule has 0 aliphatic heterocycles. The molecular weight excluding hydrogens is 726 g/mol. The van der Waals surface area contributed by atoms with E-state index in [0.717, 1.165) is 0 Å². The van der Waals surface area contributed by atoms with E-state index in [1.165, 1.54) is 12.1 Å². The summed E-state index contributed by atoms with van der Waals surface area (Å²) in [6.45, 7) is 11.6. The van der Waals surface area contributed by atoms with E-state index in [1.807, 2.05) is 13.8 Å². The van der Waals surface area contributed by atoms with Gasteiger partial charge in [-0.15, -0.1) is 10.1 Å². The molecule has 312 valence electrons. The predicted molar refractivity (Wildman–Crippen MR) is 194 cm³/mol. The molecule has 3 aliphatic rings. The fourth-order valence-corrected chi connectivity index (χ4v) is 6.78. The Morgan fingerprint density at radius 3 is 1.87 bits per heavy atom. The van der Waals surface area contributed by atoms with Gasteiger partial charge in [0.05, 0.1) is 97.9 Å². The number of fused-ring (bicyclic) bond motifs is 2. The van der Waals surface area contributed by atoms with E-state index in [2.05, 4.69) is 4.84 Å². The van der Waals surface area contributed by atoms with Crippen LogP contribution in [0.4, 0.5) is 0 Å². The van der Waals surface area contributed by atoms with Crippen molar-refractivity contribution in [1.29, 1.82) is 0 Å². The molecule has 0 amide bonds. The van der Waals surface area contributed by atoms with E-state index in [-0.39, 0.29) is 73.3 Å². The number of phenols is 1. The number of nitrogens with zero attached hydrogens (tertiary/aromatic N) is 1. The zero-order valence-electron chi connectivity index (χ0n) is 32.8. The number of hydrogen-bond donors (Lipinski definition) is 1. The SMILES string of the molecule is COCCOCCOCCOCCOCCOCCOCC(=O)Oc1cc(C(C)(C)C(=O)OCCCCO[N+](=O)[O-])cc(O)c1[C@@H]1CC(=O)[C@@H]2C[C@H]1C2(C)C. The molecule has 0 spiro atoms. The minimum atomic E-state index is -1.28. The molecular formula is C38H59NO16. The van der Waals surface area contributed by atoms with Crippen molar-refractivity contribution >= 4 is 17.7 Å². The monoisotopic (exact) mass is 785 g/mol. The second-order valence-corrected chi connectivity index (χ2v) is 14.5. The zero-order chi connectivity index (χ0) is 40.3. The number of carbonyl (C=O) groups is 3. The minimum Gasteiger partial charge on any atom is -0.508 e. The van der Waals surface area contributed by atoms with Crippen LogP contribution in [0.1, 0.15) is 70.4 Å². The lowest BCUT2D eigenvalue weighted by atomic mass is 9.44. The first-order valence-electron chi connectivity index (χ1n) is 18.8. The van der Waals surface area contributed by atoms with Crippen molar-refractivity contribution in [2.75, 3.05) is 106 Å². The van der Waals surface area contributed by atoms with Crippen molar-refractivity contribution in [2.24, 2.45) is 17.3 Å². The predicted octanol–water partition coefficient (Wildman–Crippen LogP) is 3.57. The molecule has 0 saturated heterocycles. The number of rotatable bonds is 30. The van der Waals surface area contributed by atoms with Gasteiger partial charge in [0.15, 0.2) is 0 Å². The van der Waals surface area contributed by atoms with Crippen LogP contribution in [0.15, 0.2) is 12.1 Å². The van der Waals surface area contributed by atoms with Crippen LogP contribution in [0.2, 0.25) is 0 Å². The van der Waals surface area contributed by atoms with Crippen LogP contribution < -0.4 is 4.74 Å². The average Bonchev–Trinajstić information content (AvgIpc) is 3.13. The van der Waals surface area contributed by atoms with Gasteiger partial charge in [-0.2, -0.15) is 0 Å². The molecule has 3 aliphatic carbocycles. The second-order valence-electron chi connectivity index (χ2n) is 14.5. The molecule has 1 aromatic rings. The Balaban J connectivity index is 1.45. The number of hydrogen-bond acceptors (Lipinski definition) is 16. The van der Waals surface area contributed by atoms with Crippen LogP contribution in [0.3, 0.4) is 0 Å². The molecule has 3 saturated carbocycles. The average molecular weight is 786 g/mol. The molecule has 3 fully saturated rings. The molecule has 0 heterocycles. The molecule has 2 bridgehead atoms. The molecule has 17 nitrogen and oxygen atoms in total. The number of esters is 2. The van der Waals surface area contributed by atoms with Crippen LogP contribution in [0, 0.1) is 27.4 Å². The van der Waals surface area contributed by atoms with Crippen molar-refractivity contribution in [2.45, 2.75) is 64.7 Å². The highest BCUT2D eigenvalue weighted by Gasteiger charge is 2.59. The minimum absolute atomic E-state index is 0.00461. The van der Waals surface area contributed by atoms with Crippen molar-refractivity contribution < 1.29 is 72.0 Å². The van der Waals surface area contributed by atoms with E-state index >= 15 is 0 Å². The Morgan fingerprint density at radius 2 is 1.36 bits per heavy atom. The van der Waals surface area contributed by atoms with Gasteiger partial charge in [-0.25, -0.2) is 4.79 Å². The Labute approximate surface area is 322 Å². The first-order chi connectivity index (χ1) is 26.3. The summed E-state index contributed by atoms with van der Waals surface area (Å²) in [7, 11) is 1.62. The third-order valence-corrected chi connectivity index (χ3v) is 10.1. The van der Waals surface area contributed by atoms with Gasteiger partial charge in [-0.05, 0) is 62.1 Å². The van der Waals surface area contributed by atoms with Gasteiger partial charge < -0.3 is 52.6 Å². The summed E-state index contributed by atoms with van der Waals surface area (Å²) in [5, 5.41) is 20.9. The Morgan fingerprint density at radius 1 is 0.836 bits per heavy atom. The summed E-state index contributed by atoms with van der Waals surface area (Å²) in [6.07, 6.45) is 1.54. The van der Waals surface area contributed by atoms with Crippen molar-refractivity contribution in [1.82, 2.24) is 0 Å². The summed E-state index contributed by atoms with van der Waals surface area (Å²) < 4.78 is 48.8. The number of Topliss-reactive ketones (excluding diaryl/α,β-unsaturated/α-hetero) is 1. The smallest absolute Gasteiger partial charge is 0.337 e. The Bertz CT molecular complexity index is 1370. The van der Waals surface area contributed by atoms with Crippen LogP contribution in [0.5, 0.6) is 11.5 Å². The first kappa shape index (κ1) is 45.9. The number of phenolic OH excluding ortho intramolecular Hbond substituents is 1. The lowest BCUT2D eigenvalue weighted by molar-refractivity contribution is -0.757. The van der Waals surface area contributed by atoms with E-state index in [9.17, 15) is 29.6 Å². The number of methoxy groups -OCH3 is 1. The van der Waals surface area contributed by atoms with Crippen molar-refractivity contribution in [3.8, 4) is 11.5 Å². The first-order valence-corrected chi connectivity index (χ1v) is 18.8. The number of unbranched alkanes of at least 4 members (excludes halogenated alkanes) is 1. The fraction of sp³-hybridized carbons (Fsp3) is 0.763. The zero-order valence-corrected chi connectivity index (χ0v) is 32.8. The summed E-state index contributed by atoms with van der Waals surface area (Å²) in [6, 6.07) is 2.98. The standard InChI is InChI=1S/C38H59NO16/c1-37(2,36(43)53-8-6-7-9-54-39(44)45)27-22-32(41)35(28-24-31(40)30-25-29(28)38(30,3)4)33(23-27)55-34(42)26-52-21-20-51-19-18-50-17-16-49-15-14-48-13-12-47-11-10-46-5/h22-23,28-30,41H,6-21,24-26H2,1-5H3/t28-,29-,30+/m1/s1. The van der Waals surface area contributed by atoms with Crippen LogP contribution in [-0.4, -0.2) is 134 Å². The number of benzene rings is 1.